The lowest BCUT2D eigenvalue weighted by Crippen LogP contribution is -2.31. The molecule has 0 aliphatic carbocycles. The first kappa shape index (κ1) is 23.9. The van der Waals surface area contributed by atoms with Crippen LogP contribution >= 0.6 is 0 Å². The van der Waals surface area contributed by atoms with Gasteiger partial charge in [0.25, 0.3) is 0 Å². The second kappa shape index (κ2) is 11.1. The summed E-state index contributed by atoms with van der Waals surface area (Å²) < 4.78 is 31.6. The molecular weight excluding hydrogens is 400 g/mol. The van der Waals surface area contributed by atoms with E-state index in [9.17, 15) is 13.2 Å². The normalized spacial score (nSPS) is 12.7. The average Bonchev–Trinajstić information content (AvgIpc) is 2.73. The van der Waals surface area contributed by atoms with Gasteiger partial charge in [-0.2, -0.15) is 0 Å². The van der Waals surface area contributed by atoms with Crippen LogP contribution in [0, 0.1) is 5.92 Å². The molecule has 1 N–H and O–H groups in total. The molecular formula is C23H32N2O4S. The molecule has 30 heavy (non-hydrogen) atoms. The Hall–Kier alpha value is -2.38. The molecule has 7 heteroatoms. The summed E-state index contributed by atoms with van der Waals surface area (Å²) in [4.78, 5) is 12.8. The Morgan fingerprint density at radius 1 is 1.07 bits per heavy atom. The van der Waals surface area contributed by atoms with Gasteiger partial charge in [0.15, 0.2) is 0 Å². The first-order valence-electron chi connectivity index (χ1n) is 10.2. The summed E-state index contributed by atoms with van der Waals surface area (Å²) in [5.74, 6) is 1.11. The van der Waals surface area contributed by atoms with Crippen LogP contribution in [-0.4, -0.2) is 39.3 Å². The van der Waals surface area contributed by atoms with Crippen molar-refractivity contribution in [1.82, 2.24) is 9.62 Å². The van der Waals surface area contributed by atoms with Crippen LogP contribution in [0.5, 0.6) is 5.75 Å². The van der Waals surface area contributed by atoms with Crippen molar-refractivity contribution >= 4 is 15.9 Å². The quantitative estimate of drug-likeness (QED) is 0.582. The number of nitrogens with zero attached hydrogens (tertiary/aromatic N) is 1. The van der Waals surface area contributed by atoms with Crippen LogP contribution in [0.2, 0.25) is 0 Å². The van der Waals surface area contributed by atoms with Gasteiger partial charge in [0, 0.05) is 20.0 Å². The largest absolute Gasteiger partial charge is 0.497 e. The molecule has 6 nitrogen and oxygen atoms in total. The molecule has 1 amide bonds. The summed E-state index contributed by atoms with van der Waals surface area (Å²) in [7, 11) is -0.372. The number of sulfonamides is 1. The number of hydrogen-bond acceptors (Lipinski definition) is 4. The molecule has 0 fully saturated rings. The van der Waals surface area contributed by atoms with Crippen molar-refractivity contribution < 1.29 is 17.9 Å². The summed E-state index contributed by atoms with van der Waals surface area (Å²) in [5.41, 5.74) is 1.03. The van der Waals surface area contributed by atoms with E-state index in [0.717, 1.165) is 17.7 Å². The number of methoxy groups -OCH3 is 1. The van der Waals surface area contributed by atoms with Crippen molar-refractivity contribution in [3.63, 3.8) is 0 Å². The predicted octanol–water partition coefficient (Wildman–Crippen LogP) is 4.00. The van der Waals surface area contributed by atoms with Gasteiger partial charge in [-0.25, -0.2) is 12.7 Å². The highest BCUT2D eigenvalue weighted by Crippen LogP contribution is 2.24. The average molecular weight is 433 g/mol. The lowest BCUT2D eigenvalue weighted by atomic mass is 9.96. The highest BCUT2D eigenvalue weighted by molar-refractivity contribution is 7.89. The Morgan fingerprint density at radius 3 is 2.27 bits per heavy atom. The number of carbonyl (C=O) groups excluding carboxylic acids is 1. The van der Waals surface area contributed by atoms with Crippen molar-refractivity contribution in [2.75, 3.05) is 20.7 Å². The molecule has 0 aromatic heterocycles. The van der Waals surface area contributed by atoms with Crippen LogP contribution in [0.4, 0.5) is 0 Å². The van der Waals surface area contributed by atoms with Gasteiger partial charge in [0.1, 0.15) is 5.75 Å². The second-order valence-corrected chi connectivity index (χ2v) is 9.81. The minimum atomic E-state index is -3.54. The van der Waals surface area contributed by atoms with Gasteiger partial charge in [-0.3, -0.25) is 4.79 Å². The Bertz CT molecular complexity index is 897. The number of benzene rings is 2. The highest BCUT2D eigenvalue weighted by Gasteiger charge is 2.21. The van der Waals surface area contributed by atoms with Crippen LogP contribution in [0.15, 0.2) is 59.5 Å². The maximum Gasteiger partial charge on any atom is 0.242 e. The van der Waals surface area contributed by atoms with E-state index in [1.165, 1.54) is 4.31 Å². The van der Waals surface area contributed by atoms with Crippen LogP contribution in [-0.2, 0) is 14.8 Å². The maximum atomic E-state index is 12.6. The fraction of sp³-hybridized carbons (Fsp3) is 0.435. The number of rotatable bonds is 11. The number of amides is 1. The van der Waals surface area contributed by atoms with Gasteiger partial charge < -0.3 is 10.1 Å². The monoisotopic (exact) mass is 432 g/mol. The van der Waals surface area contributed by atoms with Crippen molar-refractivity contribution in [1.29, 1.82) is 0 Å². The zero-order valence-electron chi connectivity index (χ0n) is 18.2. The molecule has 164 valence electrons. The maximum absolute atomic E-state index is 12.6. The molecule has 1 atom stereocenters. The third-order valence-corrected chi connectivity index (χ3v) is 6.76. The Morgan fingerprint density at radius 2 is 1.70 bits per heavy atom. The predicted molar refractivity (Wildman–Crippen MR) is 119 cm³/mol. The Kier molecular flexibility index (Phi) is 8.87. The molecule has 2 aromatic rings. The second-order valence-electron chi connectivity index (χ2n) is 7.77. The van der Waals surface area contributed by atoms with Gasteiger partial charge in [-0.05, 0) is 48.6 Å². The van der Waals surface area contributed by atoms with E-state index >= 15 is 0 Å². The van der Waals surface area contributed by atoms with E-state index < -0.39 is 10.0 Å². The first-order chi connectivity index (χ1) is 14.2. The fourth-order valence-electron chi connectivity index (χ4n) is 3.21. The molecule has 2 aromatic carbocycles. The standard InChI is InChI=1S/C23H32N2O4S/c1-18(2)17-22(19-12-14-20(29-4)15-13-19)24-23(26)11-8-16-25(3)30(27,28)21-9-6-5-7-10-21/h5-7,9-10,12-15,18,22H,8,11,16-17H2,1-4H3,(H,24,26). The van der Waals surface area contributed by atoms with Crippen LogP contribution in [0.25, 0.3) is 0 Å². The van der Waals surface area contributed by atoms with Gasteiger partial charge in [0.2, 0.25) is 15.9 Å². The number of ether oxygens (including phenoxy) is 1. The summed E-state index contributed by atoms with van der Waals surface area (Å²) >= 11 is 0. The van der Waals surface area contributed by atoms with Crippen LogP contribution in [0.3, 0.4) is 0 Å². The van der Waals surface area contributed by atoms with Crippen LogP contribution < -0.4 is 10.1 Å². The highest BCUT2D eigenvalue weighted by atomic mass is 32.2. The van der Waals surface area contributed by atoms with Gasteiger partial charge in [0.05, 0.1) is 18.0 Å². The van der Waals surface area contributed by atoms with E-state index in [1.807, 2.05) is 24.3 Å². The Balaban J connectivity index is 1.92. The number of hydrogen-bond donors (Lipinski definition) is 1. The smallest absolute Gasteiger partial charge is 0.242 e. The topological polar surface area (TPSA) is 75.7 Å². The third kappa shape index (κ3) is 6.85. The molecule has 0 radical (unpaired) electrons. The van der Waals surface area contributed by atoms with Crippen LogP contribution in [0.1, 0.15) is 44.7 Å². The van der Waals surface area contributed by atoms with Gasteiger partial charge in [-0.15, -0.1) is 0 Å². The first-order valence-corrected chi connectivity index (χ1v) is 11.6. The van der Waals surface area contributed by atoms with Crippen molar-refractivity contribution in [3.8, 4) is 5.75 Å². The molecule has 0 saturated carbocycles. The third-order valence-electron chi connectivity index (χ3n) is 4.89. The summed E-state index contributed by atoms with van der Waals surface area (Å²) in [5, 5.41) is 3.10. The van der Waals surface area contributed by atoms with E-state index in [2.05, 4.69) is 19.2 Å². The van der Waals surface area contributed by atoms with Gasteiger partial charge in [-0.1, -0.05) is 44.2 Å². The van der Waals surface area contributed by atoms with Crippen molar-refractivity contribution in [2.45, 2.75) is 44.0 Å². The zero-order valence-corrected chi connectivity index (χ0v) is 19.0. The van der Waals surface area contributed by atoms with E-state index in [0.29, 0.717) is 12.3 Å². The molecule has 0 heterocycles. The molecule has 1 unspecified atom stereocenters. The zero-order chi connectivity index (χ0) is 22.1. The summed E-state index contributed by atoms with van der Waals surface area (Å²) in [6.45, 7) is 4.51. The molecule has 0 bridgehead atoms. The molecule has 0 spiro atoms. The number of nitrogens with one attached hydrogen (secondary N) is 1. The molecule has 0 aliphatic rings. The minimum Gasteiger partial charge on any atom is -0.497 e. The number of carbonyl (C=O) groups is 1. The Labute approximate surface area is 180 Å². The van der Waals surface area contributed by atoms with E-state index in [-0.39, 0.29) is 29.8 Å². The lowest BCUT2D eigenvalue weighted by Gasteiger charge is -2.22. The fourth-order valence-corrected chi connectivity index (χ4v) is 4.44. The SMILES string of the molecule is COc1ccc(C(CC(C)C)NC(=O)CCCN(C)S(=O)(=O)c2ccccc2)cc1. The van der Waals surface area contributed by atoms with E-state index in [1.54, 1.807) is 44.5 Å². The molecule has 0 aliphatic heterocycles. The molecule has 2 rings (SSSR count). The van der Waals surface area contributed by atoms with Gasteiger partial charge >= 0.3 is 0 Å². The molecule has 0 saturated heterocycles. The summed E-state index contributed by atoms with van der Waals surface area (Å²) in [6, 6.07) is 15.9. The van der Waals surface area contributed by atoms with Crippen molar-refractivity contribution in [3.05, 3.63) is 60.2 Å². The van der Waals surface area contributed by atoms with E-state index in [4.69, 9.17) is 4.74 Å². The van der Waals surface area contributed by atoms with Crippen molar-refractivity contribution in [2.24, 2.45) is 5.92 Å². The summed E-state index contributed by atoms with van der Waals surface area (Å²) in [6.07, 6.45) is 1.53. The lowest BCUT2D eigenvalue weighted by molar-refractivity contribution is -0.122. The minimum absolute atomic E-state index is 0.0815.